The standard InChI is InChI=1S/C25H52N2O6/c1-3-15-32-17-11-7-5-9-13-27(14-10-6-8-12-18-33-16-4-2)19-21-23(29)25(31)24(30)22(20-28)26-21/h21-26,28-31H,3-20H2,1-2H3/t21-,22-,23+,24-,25-/m1/s1. The number of aliphatic hydroxyl groups excluding tert-OH is 4. The Morgan fingerprint density at radius 1 is 0.636 bits per heavy atom. The van der Waals surface area contributed by atoms with Crippen molar-refractivity contribution in [2.75, 3.05) is 52.7 Å². The van der Waals surface area contributed by atoms with E-state index in [-0.39, 0.29) is 12.6 Å². The summed E-state index contributed by atoms with van der Waals surface area (Å²) in [5.74, 6) is 0. The van der Waals surface area contributed by atoms with Gasteiger partial charge in [0.15, 0.2) is 0 Å². The van der Waals surface area contributed by atoms with Crippen LogP contribution in [-0.2, 0) is 9.47 Å². The molecule has 0 saturated carbocycles. The van der Waals surface area contributed by atoms with E-state index in [1.54, 1.807) is 0 Å². The van der Waals surface area contributed by atoms with Crippen LogP contribution < -0.4 is 5.32 Å². The third kappa shape index (κ3) is 13.4. The second kappa shape index (κ2) is 19.9. The van der Waals surface area contributed by atoms with E-state index in [9.17, 15) is 20.4 Å². The molecular weight excluding hydrogens is 424 g/mol. The number of nitrogens with zero attached hydrogens (tertiary/aromatic N) is 1. The summed E-state index contributed by atoms with van der Waals surface area (Å²) in [6, 6.07) is -1.01. The SMILES string of the molecule is CCCOCCCCCCN(CCCCCCOCCC)C[C@H]1N[C@H](CO)[C@@H](O)[C@H](O)[C@H]1O. The van der Waals surface area contributed by atoms with E-state index in [0.29, 0.717) is 6.54 Å². The zero-order chi connectivity index (χ0) is 24.3. The average Bonchev–Trinajstić information content (AvgIpc) is 2.82. The monoisotopic (exact) mass is 476 g/mol. The van der Waals surface area contributed by atoms with Gasteiger partial charge in [-0.05, 0) is 51.6 Å². The first-order chi connectivity index (χ1) is 16.0. The van der Waals surface area contributed by atoms with Crippen molar-refractivity contribution < 1.29 is 29.9 Å². The van der Waals surface area contributed by atoms with Gasteiger partial charge in [0.05, 0.1) is 24.9 Å². The zero-order valence-electron chi connectivity index (χ0n) is 21.2. The van der Waals surface area contributed by atoms with Crippen molar-refractivity contribution in [3.05, 3.63) is 0 Å². The Morgan fingerprint density at radius 3 is 1.61 bits per heavy atom. The maximum Gasteiger partial charge on any atom is 0.109 e. The summed E-state index contributed by atoms with van der Waals surface area (Å²) in [7, 11) is 0. The molecule has 1 aliphatic heterocycles. The Kier molecular flexibility index (Phi) is 18.5. The molecule has 1 fully saturated rings. The van der Waals surface area contributed by atoms with Crippen LogP contribution in [0, 0.1) is 0 Å². The second-order valence-electron chi connectivity index (χ2n) is 9.39. The predicted octanol–water partition coefficient (Wildman–Crippen LogP) is 1.68. The Labute approximate surface area is 201 Å². The first-order valence-corrected chi connectivity index (χ1v) is 13.3. The van der Waals surface area contributed by atoms with Gasteiger partial charge >= 0.3 is 0 Å². The van der Waals surface area contributed by atoms with Gasteiger partial charge in [-0.2, -0.15) is 0 Å². The average molecular weight is 477 g/mol. The van der Waals surface area contributed by atoms with Gasteiger partial charge in [-0.1, -0.05) is 39.5 Å². The van der Waals surface area contributed by atoms with Crippen molar-refractivity contribution in [1.29, 1.82) is 0 Å². The number of rotatable bonds is 21. The molecule has 198 valence electrons. The van der Waals surface area contributed by atoms with Crippen LogP contribution in [0.3, 0.4) is 0 Å². The first-order valence-electron chi connectivity index (χ1n) is 13.3. The van der Waals surface area contributed by atoms with E-state index in [0.717, 1.165) is 104 Å². The lowest BCUT2D eigenvalue weighted by Gasteiger charge is -2.42. The van der Waals surface area contributed by atoms with E-state index >= 15 is 0 Å². The van der Waals surface area contributed by atoms with Gasteiger partial charge in [0, 0.05) is 39.0 Å². The van der Waals surface area contributed by atoms with Crippen LogP contribution in [0.5, 0.6) is 0 Å². The van der Waals surface area contributed by atoms with Gasteiger partial charge in [-0.25, -0.2) is 0 Å². The van der Waals surface area contributed by atoms with Crippen molar-refractivity contribution in [1.82, 2.24) is 10.2 Å². The highest BCUT2D eigenvalue weighted by molar-refractivity contribution is 4.99. The van der Waals surface area contributed by atoms with Crippen LogP contribution in [-0.4, -0.2) is 108 Å². The fourth-order valence-electron chi connectivity index (χ4n) is 4.32. The van der Waals surface area contributed by atoms with E-state index in [2.05, 4.69) is 24.1 Å². The molecule has 0 radical (unpaired) electrons. The summed E-state index contributed by atoms with van der Waals surface area (Å²) in [5.41, 5.74) is 0. The van der Waals surface area contributed by atoms with E-state index < -0.39 is 24.4 Å². The fourth-order valence-corrected chi connectivity index (χ4v) is 4.32. The molecular formula is C25H52N2O6. The minimum atomic E-state index is -1.25. The number of piperidine rings is 1. The Hall–Kier alpha value is -0.320. The maximum absolute atomic E-state index is 10.5. The van der Waals surface area contributed by atoms with Crippen molar-refractivity contribution in [2.45, 2.75) is 108 Å². The minimum Gasteiger partial charge on any atom is -0.395 e. The van der Waals surface area contributed by atoms with Gasteiger partial charge in [0.1, 0.15) is 6.10 Å². The molecule has 0 aromatic carbocycles. The summed E-state index contributed by atoms with van der Waals surface area (Å²) >= 11 is 0. The van der Waals surface area contributed by atoms with E-state index in [1.165, 1.54) is 0 Å². The number of hydrogen-bond acceptors (Lipinski definition) is 8. The summed E-state index contributed by atoms with van der Waals surface area (Å²) in [4.78, 5) is 2.35. The second-order valence-corrected chi connectivity index (χ2v) is 9.39. The van der Waals surface area contributed by atoms with Gasteiger partial charge in [0.25, 0.3) is 0 Å². The maximum atomic E-state index is 10.5. The van der Waals surface area contributed by atoms with Crippen molar-refractivity contribution in [3.8, 4) is 0 Å². The normalized spacial score (nSPS) is 25.7. The van der Waals surface area contributed by atoms with Crippen LogP contribution in [0.15, 0.2) is 0 Å². The quantitative estimate of drug-likeness (QED) is 0.159. The van der Waals surface area contributed by atoms with Crippen LogP contribution >= 0.6 is 0 Å². The van der Waals surface area contributed by atoms with Gasteiger partial charge in [-0.15, -0.1) is 0 Å². The highest BCUT2D eigenvalue weighted by atomic mass is 16.5. The lowest BCUT2D eigenvalue weighted by molar-refractivity contribution is -0.122. The van der Waals surface area contributed by atoms with Crippen LogP contribution in [0.1, 0.15) is 78.1 Å². The third-order valence-corrected chi connectivity index (χ3v) is 6.33. The third-order valence-electron chi connectivity index (χ3n) is 6.33. The lowest BCUT2D eigenvalue weighted by Crippen LogP contribution is -2.68. The lowest BCUT2D eigenvalue weighted by atomic mass is 9.90. The highest BCUT2D eigenvalue weighted by Gasteiger charge is 2.42. The van der Waals surface area contributed by atoms with Gasteiger partial charge < -0.3 is 40.1 Å². The molecule has 0 amide bonds. The predicted molar refractivity (Wildman–Crippen MR) is 131 cm³/mol. The van der Waals surface area contributed by atoms with Crippen molar-refractivity contribution >= 4 is 0 Å². The molecule has 0 spiro atoms. The smallest absolute Gasteiger partial charge is 0.109 e. The number of nitrogens with one attached hydrogen (secondary N) is 1. The van der Waals surface area contributed by atoms with E-state index in [4.69, 9.17) is 9.47 Å². The first kappa shape index (κ1) is 30.7. The molecule has 0 aromatic heterocycles. The fraction of sp³-hybridized carbons (Fsp3) is 1.00. The van der Waals surface area contributed by atoms with Gasteiger partial charge in [0.2, 0.25) is 0 Å². The van der Waals surface area contributed by atoms with Crippen LogP contribution in [0.2, 0.25) is 0 Å². The summed E-state index contributed by atoms with van der Waals surface area (Å²) in [6.45, 7) is 9.76. The molecule has 0 aromatic rings. The van der Waals surface area contributed by atoms with Crippen LogP contribution in [0.4, 0.5) is 0 Å². The number of aliphatic hydroxyl groups is 4. The van der Waals surface area contributed by atoms with E-state index in [1.807, 2.05) is 0 Å². The molecule has 5 N–H and O–H groups in total. The molecule has 1 aliphatic rings. The Bertz CT molecular complexity index is 423. The number of unbranched alkanes of at least 4 members (excludes halogenated alkanes) is 6. The summed E-state index contributed by atoms with van der Waals surface area (Å²) in [5, 5.41) is 43.4. The number of ether oxygens (including phenoxy) is 2. The van der Waals surface area contributed by atoms with Gasteiger partial charge in [-0.3, -0.25) is 0 Å². The summed E-state index contributed by atoms with van der Waals surface area (Å²) in [6.07, 6.45) is 7.56. The molecule has 5 atom stereocenters. The highest BCUT2D eigenvalue weighted by Crippen LogP contribution is 2.17. The Morgan fingerprint density at radius 2 is 1.12 bits per heavy atom. The molecule has 0 aliphatic carbocycles. The zero-order valence-corrected chi connectivity index (χ0v) is 21.2. The molecule has 1 saturated heterocycles. The topological polar surface area (TPSA) is 115 Å². The Balaban J connectivity index is 2.42. The van der Waals surface area contributed by atoms with Crippen LogP contribution in [0.25, 0.3) is 0 Å². The molecule has 0 unspecified atom stereocenters. The largest absolute Gasteiger partial charge is 0.395 e. The molecule has 1 heterocycles. The van der Waals surface area contributed by atoms with Crippen molar-refractivity contribution in [2.24, 2.45) is 0 Å². The molecule has 33 heavy (non-hydrogen) atoms. The molecule has 8 nitrogen and oxygen atoms in total. The molecule has 1 rings (SSSR count). The van der Waals surface area contributed by atoms with Crippen molar-refractivity contribution in [3.63, 3.8) is 0 Å². The number of hydrogen-bond donors (Lipinski definition) is 5. The summed E-state index contributed by atoms with van der Waals surface area (Å²) < 4.78 is 11.1. The minimum absolute atomic E-state index is 0.276. The molecule has 8 heteroatoms. The molecule has 0 bridgehead atoms.